The van der Waals surface area contributed by atoms with Crippen molar-refractivity contribution >= 4 is 81.3 Å². The Bertz CT molecular complexity index is 1350. The van der Waals surface area contributed by atoms with E-state index in [0.717, 1.165) is 23.9 Å². The first-order valence-electron chi connectivity index (χ1n) is 17.6. The third-order valence-electron chi connectivity index (χ3n) is 9.55. The molecule has 4 aromatic rings. The Kier molecular flexibility index (Phi) is 12.5. The Morgan fingerprint density at radius 1 is 0.630 bits per heavy atom. The number of hydrogen-bond acceptors (Lipinski definition) is 8. The van der Waals surface area contributed by atoms with Crippen LogP contribution in [0, 0.1) is 0 Å². The number of benzene rings is 2. The molecule has 2 fully saturated rings. The second-order valence-electron chi connectivity index (χ2n) is 14.6. The van der Waals surface area contributed by atoms with Gasteiger partial charge in [0, 0.05) is 12.2 Å². The van der Waals surface area contributed by atoms with Crippen LogP contribution in [-0.4, -0.2) is 38.8 Å². The third kappa shape index (κ3) is 9.92. The number of thiazole rings is 2. The van der Waals surface area contributed by atoms with Crippen molar-refractivity contribution in [3.63, 3.8) is 0 Å². The summed E-state index contributed by atoms with van der Waals surface area (Å²) < 4.78 is 16.3. The Morgan fingerprint density at radius 3 is 1.41 bits per heavy atom. The summed E-state index contributed by atoms with van der Waals surface area (Å²) in [6, 6.07) is 19.6. The SMILES string of the molecule is C[Si](C)(CCC(SSC(CC[Si](C)(C)OC1CCCCC1)c1nc2ccccc2s1)c1nc2ccccc2s1)OC1CCCCC1. The molecule has 2 aliphatic rings. The molecular formula is C36H52N2O2S4Si2. The van der Waals surface area contributed by atoms with Crippen LogP contribution < -0.4 is 0 Å². The molecule has 250 valence electrons. The van der Waals surface area contributed by atoms with Gasteiger partial charge in [0.15, 0.2) is 16.6 Å². The van der Waals surface area contributed by atoms with Crippen LogP contribution in [0.15, 0.2) is 48.5 Å². The molecule has 2 saturated carbocycles. The molecule has 6 rings (SSSR count). The van der Waals surface area contributed by atoms with Crippen molar-refractivity contribution < 1.29 is 8.85 Å². The number of rotatable bonds is 15. The van der Waals surface area contributed by atoms with Crippen molar-refractivity contribution in [2.45, 2.75) is 138 Å². The highest BCUT2D eigenvalue weighted by Gasteiger charge is 2.33. The average molecular weight is 729 g/mol. The van der Waals surface area contributed by atoms with Crippen molar-refractivity contribution in [3.8, 4) is 0 Å². The van der Waals surface area contributed by atoms with E-state index in [1.54, 1.807) is 0 Å². The topological polar surface area (TPSA) is 44.2 Å². The fourth-order valence-electron chi connectivity index (χ4n) is 6.96. The lowest BCUT2D eigenvalue weighted by Crippen LogP contribution is -2.36. The van der Waals surface area contributed by atoms with E-state index in [9.17, 15) is 0 Å². The number of para-hydroxylation sites is 2. The van der Waals surface area contributed by atoms with Crippen molar-refractivity contribution in [3.05, 3.63) is 58.5 Å². The molecule has 10 heteroatoms. The van der Waals surface area contributed by atoms with Gasteiger partial charge in [-0.15, -0.1) is 22.7 Å². The fourth-order valence-corrected chi connectivity index (χ4v) is 17.7. The summed E-state index contributed by atoms with van der Waals surface area (Å²) >= 11 is 3.77. The van der Waals surface area contributed by atoms with Gasteiger partial charge in [-0.1, -0.05) is 84.4 Å². The third-order valence-corrected chi connectivity index (χ3v) is 20.3. The van der Waals surface area contributed by atoms with Gasteiger partial charge in [0.25, 0.3) is 0 Å². The van der Waals surface area contributed by atoms with Gasteiger partial charge in [-0.2, -0.15) is 0 Å². The van der Waals surface area contributed by atoms with Crippen LogP contribution in [0.2, 0.25) is 38.3 Å². The number of fused-ring (bicyclic) bond motifs is 2. The molecule has 2 atom stereocenters. The van der Waals surface area contributed by atoms with E-state index in [-0.39, 0.29) is 0 Å². The predicted molar refractivity (Wildman–Crippen MR) is 210 cm³/mol. The maximum absolute atomic E-state index is 6.88. The number of nitrogens with zero attached hydrogens (tertiary/aromatic N) is 2. The zero-order chi connectivity index (χ0) is 32.0. The molecule has 0 aliphatic heterocycles. The molecule has 0 radical (unpaired) electrons. The lowest BCUT2D eigenvalue weighted by atomic mass is 9.98. The Balaban J connectivity index is 1.19. The first-order chi connectivity index (χ1) is 22.2. The van der Waals surface area contributed by atoms with Crippen LogP contribution in [-0.2, 0) is 8.85 Å². The van der Waals surface area contributed by atoms with Gasteiger partial charge < -0.3 is 8.85 Å². The highest BCUT2D eigenvalue weighted by atomic mass is 33.1. The highest BCUT2D eigenvalue weighted by molar-refractivity contribution is 8.76. The molecule has 0 amide bonds. The van der Waals surface area contributed by atoms with Crippen molar-refractivity contribution in [1.82, 2.24) is 9.97 Å². The quantitative estimate of drug-likeness (QED) is 0.0897. The van der Waals surface area contributed by atoms with E-state index in [0.29, 0.717) is 22.7 Å². The molecule has 0 spiro atoms. The van der Waals surface area contributed by atoms with Crippen LogP contribution in [0.25, 0.3) is 20.4 Å². The molecule has 2 aromatic carbocycles. The molecular weight excluding hydrogens is 677 g/mol. The summed E-state index contributed by atoms with van der Waals surface area (Å²) in [5.41, 5.74) is 2.26. The van der Waals surface area contributed by atoms with E-state index in [1.807, 2.05) is 44.3 Å². The van der Waals surface area contributed by atoms with E-state index in [1.165, 1.54) is 95.7 Å². The summed E-state index contributed by atoms with van der Waals surface area (Å²) in [6.07, 6.45) is 16.2. The largest absolute Gasteiger partial charge is 0.414 e. The number of hydrogen-bond donors (Lipinski definition) is 0. The molecule has 0 bridgehead atoms. The van der Waals surface area contributed by atoms with Gasteiger partial charge in [0.05, 0.1) is 30.9 Å². The first-order valence-corrected chi connectivity index (χ1v) is 27.8. The van der Waals surface area contributed by atoms with Gasteiger partial charge in [-0.25, -0.2) is 9.97 Å². The minimum atomic E-state index is -1.80. The normalized spacial score (nSPS) is 18.8. The van der Waals surface area contributed by atoms with E-state index >= 15 is 0 Å². The van der Waals surface area contributed by atoms with Crippen LogP contribution in [0.3, 0.4) is 0 Å². The number of aromatic nitrogens is 2. The molecule has 0 N–H and O–H groups in total. The maximum atomic E-state index is 6.88. The first kappa shape index (κ1) is 35.1. The van der Waals surface area contributed by atoms with Crippen LogP contribution >= 0.6 is 44.3 Å². The monoisotopic (exact) mass is 728 g/mol. The average Bonchev–Trinajstić information content (AvgIpc) is 3.67. The molecule has 2 aliphatic carbocycles. The summed E-state index contributed by atoms with van der Waals surface area (Å²) in [7, 11) is 0.504. The zero-order valence-corrected chi connectivity index (χ0v) is 33.4. The molecule has 2 heterocycles. The minimum Gasteiger partial charge on any atom is -0.414 e. The van der Waals surface area contributed by atoms with Crippen molar-refractivity contribution in [2.24, 2.45) is 0 Å². The Labute approximate surface area is 294 Å². The minimum absolute atomic E-state index is 0.338. The van der Waals surface area contributed by atoms with Gasteiger partial charge in [0.1, 0.15) is 10.0 Å². The summed E-state index contributed by atoms with van der Waals surface area (Å²) in [6.45, 7) is 9.77. The lowest BCUT2D eigenvalue weighted by molar-refractivity contribution is 0.145. The zero-order valence-electron chi connectivity index (χ0n) is 28.2. The van der Waals surface area contributed by atoms with Crippen LogP contribution in [0.4, 0.5) is 0 Å². The summed E-state index contributed by atoms with van der Waals surface area (Å²) in [5, 5.41) is 3.20. The smallest absolute Gasteiger partial charge is 0.187 e. The molecule has 46 heavy (non-hydrogen) atoms. The van der Waals surface area contributed by atoms with Gasteiger partial charge in [-0.3, -0.25) is 0 Å². The molecule has 4 nitrogen and oxygen atoms in total. The lowest BCUT2D eigenvalue weighted by Gasteiger charge is -2.33. The van der Waals surface area contributed by atoms with E-state index in [2.05, 4.69) is 74.7 Å². The van der Waals surface area contributed by atoms with Crippen molar-refractivity contribution in [1.29, 1.82) is 0 Å². The fraction of sp³-hybridized carbons (Fsp3) is 0.611. The summed E-state index contributed by atoms with van der Waals surface area (Å²) in [4.78, 5) is 10.4. The Hall–Kier alpha value is -0.726. The van der Waals surface area contributed by atoms with Gasteiger partial charge in [0.2, 0.25) is 0 Å². The van der Waals surface area contributed by atoms with Crippen molar-refractivity contribution in [2.75, 3.05) is 0 Å². The van der Waals surface area contributed by atoms with E-state index in [4.69, 9.17) is 18.8 Å². The van der Waals surface area contributed by atoms with Crippen LogP contribution in [0.5, 0.6) is 0 Å². The summed E-state index contributed by atoms with van der Waals surface area (Å²) in [5.74, 6) is 0. The molecule has 2 aromatic heterocycles. The highest BCUT2D eigenvalue weighted by Crippen LogP contribution is 2.52. The van der Waals surface area contributed by atoms with Gasteiger partial charge >= 0.3 is 0 Å². The second kappa shape index (κ2) is 16.3. The molecule has 2 unspecified atom stereocenters. The second-order valence-corrected chi connectivity index (χ2v) is 27.9. The Morgan fingerprint density at radius 2 is 1.02 bits per heavy atom. The van der Waals surface area contributed by atoms with E-state index < -0.39 is 16.6 Å². The molecule has 0 saturated heterocycles. The van der Waals surface area contributed by atoms with Gasteiger partial charge in [-0.05, 0) is 101 Å². The van der Waals surface area contributed by atoms with Crippen LogP contribution in [0.1, 0.15) is 97.6 Å². The standard InChI is InChI=1S/C36H52N2O2S4Si2/c1-45(2,39-27-15-7-5-8-16-27)25-23-33(35-37-29-19-11-13-21-31(29)41-35)43-44-34(36-38-30-20-12-14-22-32(30)42-36)24-26-46(3,4)40-28-17-9-6-10-18-28/h11-14,19-22,27-28,33-34H,5-10,15-18,23-26H2,1-4H3. The predicted octanol–water partition coefficient (Wildman–Crippen LogP) is 13.0. The maximum Gasteiger partial charge on any atom is 0.187 e.